The first kappa shape index (κ1) is 25.0. The second-order valence-electron chi connectivity index (χ2n) is 11.3. The molecule has 0 bridgehead atoms. The second-order valence-corrected chi connectivity index (χ2v) is 11.3. The van der Waals surface area contributed by atoms with E-state index in [2.05, 4.69) is 33.8 Å². The highest BCUT2D eigenvalue weighted by Gasteiger charge is 2.51. The summed E-state index contributed by atoms with van der Waals surface area (Å²) in [5.74, 6) is 0.247. The van der Waals surface area contributed by atoms with Gasteiger partial charge in [0.05, 0.1) is 11.8 Å². The molecule has 2 amide bonds. The third kappa shape index (κ3) is 6.01. The van der Waals surface area contributed by atoms with E-state index in [1.165, 1.54) is 37.7 Å². The SMILES string of the molecule is CC(C)C(N)CCCCCCCCC(C)(C)CN1C(=O)C2CCc3ccccc3C2C1=O. The Hall–Kier alpha value is -1.68. The van der Waals surface area contributed by atoms with E-state index in [0.717, 1.165) is 37.7 Å². The largest absolute Gasteiger partial charge is 0.327 e. The molecule has 1 saturated heterocycles. The molecular weight excluding hydrogens is 396 g/mol. The third-order valence-corrected chi connectivity index (χ3v) is 7.72. The monoisotopic (exact) mass is 440 g/mol. The van der Waals surface area contributed by atoms with Gasteiger partial charge in [-0.25, -0.2) is 0 Å². The van der Waals surface area contributed by atoms with Crippen LogP contribution in [0.1, 0.15) is 103 Å². The molecule has 4 nitrogen and oxygen atoms in total. The minimum atomic E-state index is -0.257. The van der Waals surface area contributed by atoms with Crippen LogP contribution in [0.4, 0.5) is 0 Å². The number of carbonyl (C=O) groups excluding carboxylic acids is 2. The molecule has 3 rings (SSSR count). The highest BCUT2D eigenvalue weighted by molar-refractivity contribution is 6.08. The van der Waals surface area contributed by atoms with Crippen LogP contribution < -0.4 is 5.73 Å². The number of imide groups is 1. The summed E-state index contributed by atoms with van der Waals surface area (Å²) in [6.07, 6.45) is 11.3. The van der Waals surface area contributed by atoms with E-state index in [9.17, 15) is 9.59 Å². The van der Waals surface area contributed by atoms with Gasteiger partial charge in [-0.2, -0.15) is 0 Å². The zero-order valence-electron chi connectivity index (χ0n) is 20.7. The molecule has 0 spiro atoms. The molecule has 32 heavy (non-hydrogen) atoms. The first-order chi connectivity index (χ1) is 15.2. The molecule has 3 unspecified atom stereocenters. The van der Waals surface area contributed by atoms with Gasteiger partial charge in [0, 0.05) is 12.6 Å². The summed E-state index contributed by atoms with van der Waals surface area (Å²) in [5.41, 5.74) is 8.40. The molecule has 0 radical (unpaired) electrons. The van der Waals surface area contributed by atoms with Crippen LogP contribution in [0.3, 0.4) is 0 Å². The third-order valence-electron chi connectivity index (χ3n) is 7.72. The number of nitrogens with two attached hydrogens (primary N) is 1. The number of aryl methyl sites for hydroxylation is 1. The van der Waals surface area contributed by atoms with Crippen LogP contribution in [0.25, 0.3) is 0 Å². The Morgan fingerprint density at radius 1 is 1.00 bits per heavy atom. The van der Waals surface area contributed by atoms with Crippen LogP contribution in [-0.2, 0) is 16.0 Å². The summed E-state index contributed by atoms with van der Waals surface area (Å²) in [6, 6.07) is 8.51. The molecule has 2 aliphatic rings. The number of benzene rings is 1. The Morgan fingerprint density at radius 3 is 2.38 bits per heavy atom. The number of likely N-dealkylation sites (tertiary alicyclic amines) is 1. The normalized spacial score (nSPS) is 21.8. The summed E-state index contributed by atoms with van der Waals surface area (Å²) in [4.78, 5) is 27.9. The molecular formula is C28H44N2O2. The van der Waals surface area contributed by atoms with Crippen molar-refractivity contribution in [2.75, 3.05) is 6.54 Å². The highest BCUT2D eigenvalue weighted by Crippen LogP contribution is 2.44. The van der Waals surface area contributed by atoms with E-state index in [1.54, 1.807) is 4.90 Å². The van der Waals surface area contributed by atoms with Crippen molar-refractivity contribution >= 4 is 11.8 Å². The van der Waals surface area contributed by atoms with Gasteiger partial charge in [0.2, 0.25) is 11.8 Å². The molecule has 4 heteroatoms. The van der Waals surface area contributed by atoms with Crippen LogP contribution in [0.2, 0.25) is 0 Å². The summed E-state index contributed by atoms with van der Waals surface area (Å²) >= 11 is 0. The fourth-order valence-corrected chi connectivity index (χ4v) is 5.49. The Kier molecular flexibility index (Phi) is 8.55. The lowest BCUT2D eigenvalue weighted by Crippen LogP contribution is -2.39. The minimum absolute atomic E-state index is 0.0276. The maximum absolute atomic E-state index is 13.3. The van der Waals surface area contributed by atoms with Crippen LogP contribution in [-0.4, -0.2) is 29.3 Å². The van der Waals surface area contributed by atoms with Crippen molar-refractivity contribution in [3.63, 3.8) is 0 Å². The van der Waals surface area contributed by atoms with Gasteiger partial charge in [0.15, 0.2) is 0 Å². The van der Waals surface area contributed by atoms with Crippen molar-refractivity contribution in [3.8, 4) is 0 Å². The number of unbranched alkanes of at least 4 members (excludes halogenated alkanes) is 5. The zero-order chi connectivity index (χ0) is 23.3. The molecule has 2 N–H and O–H groups in total. The minimum Gasteiger partial charge on any atom is -0.327 e. The van der Waals surface area contributed by atoms with E-state index in [-0.39, 0.29) is 29.1 Å². The van der Waals surface area contributed by atoms with Gasteiger partial charge < -0.3 is 5.73 Å². The summed E-state index contributed by atoms with van der Waals surface area (Å²) in [7, 11) is 0. The number of carbonyl (C=O) groups is 2. The van der Waals surface area contributed by atoms with Crippen LogP contribution in [0.15, 0.2) is 24.3 Å². The van der Waals surface area contributed by atoms with Gasteiger partial charge >= 0.3 is 0 Å². The van der Waals surface area contributed by atoms with E-state index in [4.69, 9.17) is 5.73 Å². The van der Waals surface area contributed by atoms with Crippen molar-refractivity contribution in [3.05, 3.63) is 35.4 Å². The van der Waals surface area contributed by atoms with Crippen molar-refractivity contribution in [1.82, 2.24) is 4.90 Å². The van der Waals surface area contributed by atoms with Gasteiger partial charge in [-0.3, -0.25) is 14.5 Å². The average molecular weight is 441 g/mol. The molecule has 1 aromatic carbocycles. The van der Waals surface area contributed by atoms with E-state index < -0.39 is 0 Å². The van der Waals surface area contributed by atoms with Gasteiger partial charge in [-0.1, -0.05) is 90.5 Å². The predicted octanol–water partition coefficient (Wildman–Crippen LogP) is 5.83. The van der Waals surface area contributed by atoms with Crippen molar-refractivity contribution in [1.29, 1.82) is 0 Å². The van der Waals surface area contributed by atoms with Gasteiger partial charge in [-0.05, 0) is 48.1 Å². The standard InChI is InChI=1S/C28H44N2O2/c1-20(2)24(29)15-9-7-5-6-8-12-18-28(3,4)19-30-26(31)23-17-16-21-13-10-11-14-22(21)25(23)27(30)32/h10-11,13-14,20,23-25H,5-9,12,15-19,29H2,1-4H3. The van der Waals surface area contributed by atoms with Crippen molar-refractivity contribution in [2.45, 2.75) is 104 Å². The Morgan fingerprint density at radius 2 is 1.66 bits per heavy atom. The molecule has 1 aliphatic heterocycles. The van der Waals surface area contributed by atoms with Crippen LogP contribution in [0.5, 0.6) is 0 Å². The topological polar surface area (TPSA) is 63.4 Å². The molecule has 178 valence electrons. The summed E-state index contributed by atoms with van der Waals surface area (Å²) in [6.45, 7) is 9.35. The smallest absolute Gasteiger partial charge is 0.237 e. The number of amides is 2. The lowest BCUT2D eigenvalue weighted by atomic mass is 9.76. The maximum atomic E-state index is 13.3. The predicted molar refractivity (Wildman–Crippen MR) is 131 cm³/mol. The molecule has 1 aromatic rings. The van der Waals surface area contributed by atoms with E-state index >= 15 is 0 Å². The van der Waals surface area contributed by atoms with Crippen LogP contribution in [0, 0.1) is 17.3 Å². The van der Waals surface area contributed by atoms with E-state index in [1.807, 2.05) is 18.2 Å². The highest BCUT2D eigenvalue weighted by atomic mass is 16.2. The maximum Gasteiger partial charge on any atom is 0.237 e. The first-order valence-electron chi connectivity index (χ1n) is 12.9. The average Bonchev–Trinajstić information content (AvgIpc) is 2.99. The number of hydrogen-bond acceptors (Lipinski definition) is 3. The van der Waals surface area contributed by atoms with E-state index in [0.29, 0.717) is 18.5 Å². The number of hydrogen-bond donors (Lipinski definition) is 1. The molecule has 1 fully saturated rings. The summed E-state index contributed by atoms with van der Waals surface area (Å²) in [5, 5.41) is 0. The van der Waals surface area contributed by atoms with Crippen LogP contribution >= 0.6 is 0 Å². The molecule has 0 aromatic heterocycles. The Balaban J connectivity index is 1.42. The Labute approximate surface area is 195 Å². The lowest BCUT2D eigenvalue weighted by molar-refractivity contribution is -0.141. The quantitative estimate of drug-likeness (QED) is 0.328. The fourth-order valence-electron chi connectivity index (χ4n) is 5.49. The van der Waals surface area contributed by atoms with Crippen molar-refractivity contribution in [2.24, 2.45) is 23.0 Å². The first-order valence-corrected chi connectivity index (χ1v) is 12.9. The van der Waals surface area contributed by atoms with Crippen molar-refractivity contribution < 1.29 is 9.59 Å². The molecule has 1 aliphatic carbocycles. The molecule has 3 atom stereocenters. The number of nitrogens with zero attached hydrogens (tertiary/aromatic N) is 1. The molecule has 1 heterocycles. The number of fused-ring (bicyclic) bond motifs is 3. The second kappa shape index (κ2) is 11.0. The lowest BCUT2D eigenvalue weighted by Gasteiger charge is -2.29. The summed E-state index contributed by atoms with van der Waals surface area (Å²) < 4.78 is 0. The number of rotatable bonds is 12. The fraction of sp³-hybridized carbons (Fsp3) is 0.714. The van der Waals surface area contributed by atoms with Gasteiger partial charge in [0.25, 0.3) is 0 Å². The molecule has 0 saturated carbocycles. The Bertz CT molecular complexity index is 785. The van der Waals surface area contributed by atoms with Gasteiger partial charge in [0.1, 0.15) is 0 Å². The zero-order valence-corrected chi connectivity index (χ0v) is 20.7. The van der Waals surface area contributed by atoms with Gasteiger partial charge in [-0.15, -0.1) is 0 Å².